The molecule has 7 nitrogen and oxygen atoms in total. The Morgan fingerprint density at radius 3 is 2.21 bits per heavy atom. The van der Waals surface area contributed by atoms with Gasteiger partial charge in [0.1, 0.15) is 0 Å². The number of carbonyl (C=O) groups excluding carboxylic acids is 1. The van der Waals surface area contributed by atoms with Gasteiger partial charge in [0.15, 0.2) is 23.0 Å². The van der Waals surface area contributed by atoms with Gasteiger partial charge in [-0.15, -0.1) is 0 Å². The Kier molecular flexibility index (Phi) is 8.83. The van der Waals surface area contributed by atoms with Crippen molar-refractivity contribution in [3.05, 3.63) is 47.5 Å². The molecule has 0 aromatic heterocycles. The van der Waals surface area contributed by atoms with Crippen LogP contribution < -0.4 is 18.9 Å². The molecule has 180 valence electrons. The molecule has 0 radical (unpaired) electrons. The Morgan fingerprint density at radius 2 is 1.55 bits per heavy atom. The zero-order valence-corrected chi connectivity index (χ0v) is 20.4. The maximum atomic E-state index is 12.7. The van der Waals surface area contributed by atoms with E-state index in [2.05, 4.69) is 4.90 Å². The Balaban J connectivity index is 1.70. The smallest absolute Gasteiger partial charge is 0.223 e. The molecule has 3 rings (SSSR count). The lowest BCUT2D eigenvalue weighted by atomic mass is 10.0. The molecule has 2 aromatic carbocycles. The highest BCUT2D eigenvalue weighted by molar-refractivity contribution is 5.78. The van der Waals surface area contributed by atoms with Gasteiger partial charge < -0.3 is 28.7 Å². The lowest BCUT2D eigenvalue weighted by Gasteiger charge is -2.26. The van der Waals surface area contributed by atoms with Gasteiger partial charge in [0.05, 0.1) is 27.9 Å². The number of likely N-dealkylation sites (tertiary alicyclic amines) is 1. The minimum Gasteiger partial charge on any atom is -0.493 e. The van der Waals surface area contributed by atoms with Gasteiger partial charge in [-0.1, -0.05) is 12.1 Å². The lowest BCUT2D eigenvalue weighted by Crippen LogP contribution is -2.33. The molecule has 0 bridgehead atoms. The molecule has 1 atom stereocenters. The Hall–Kier alpha value is -2.93. The summed E-state index contributed by atoms with van der Waals surface area (Å²) in [6.07, 6.45) is 3.12. The molecule has 7 heteroatoms. The van der Waals surface area contributed by atoms with Crippen molar-refractivity contribution in [2.24, 2.45) is 0 Å². The van der Waals surface area contributed by atoms with Crippen LogP contribution >= 0.6 is 0 Å². The molecular formula is C26H36N2O5. The molecule has 0 saturated carbocycles. The van der Waals surface area contributed by atoms with Crippen molar-refractivity contribution in [1.82, 2.24) is 9.80 Å². The molecule has 0 N–H and O–H groups in total. The first-order valence-corrected chi connectivity index (χ1v) is 11.4. The third kappa shape index (κ3) is 6.54. The van der Waals surface area contributed by atoms with Gasteiger partial charge in [0.2, 0.25) is 5.91 Å². The van der Waals surface area contributed by atoms with Gasteiger partial charge in [0.25, 0.3) is 0 Å². The van der Waals surface area contributed by atoms with Gasteiger partial charge in [-0.25, -0.2) is 0 Å². The second-order valence-corrected chi connectivity index (χ2v) is 8.60. The zero-order chi connectivity index (χ0) is 23.8. The first-order chi connectivity index (χ1) is 15.9. The molecule has 1 fully saturated rings. The Morgan fingerprint density at radius 1 is 0.909 bits per heavy atom. The summed E-state index contributed by atoms with van der Waals surface area (Å²) in [6.45, 7) is 2.12. The number of carbonyl (C=O) groups is 1. The minimum atomic E-state index is 0.141. The number of benzene rings is 2. The standard InChI is InChI=1S/C26H36N2O5/c1-27(2)13-6-14-33-25-17-20(8-11-23(25)31-4)18-28-21(9-12-26(28)29)15-19-7-10-22(30-3)24(16-19)32-5/h7-8,10-11,16-17,21H,6,9,12-15,18H2,1-5H3/t21-/m0/s1. The normalized spacial score (nSPS) is 15.8. The Labute approximate surface area is 197 Å². The van der Waals surface area contributed by atoms with Crippen LogP contribution in [0, 0.1) is 0 Å². The molecule has 1 aliphatic heterocycles. The van der Waals surface area contributed by atoms with E-state index < -0.39 is 0 Å². The van der Waals surface area contributed by atoms with E-state index in [1.54, 1.807) is 21.3 Å². The van der Waals surface area contributed by atoms with Crippen LogP contribution in [0.3, 0.4) is 0 Å². The van der Waals surface area contributed by atoms with Gasteiger partial charge >= 0.3 is 0 Å². The molecule has 0 unspecified atom stereocenters. The molecule has 0 aliphatic carbocycles. The fourth-order valence-electron chi connectivity index (χ4n) is 4.19. The molecule has 0 spiro atoms. The van der Waals surface area contributed by atoms with E-state index in [1.165, 1.54) is 0 Å². The monoisotopic (exact) mass is 456 g/mol. The van der Waals surface area contributed by atoms with Crippen LogP contribution in [0.2, 0.25) is 0 Å². The van der Waals surface area contributed by atoms with Gasteiger partial charge in [0, 0.05) is 25.6 Å². The number of amides is 1. The van der Waals surface area contributed by atoms with E-state index >= 15 is 0 Å². The molecule has 33 heavy (non-hydrogen) atoms. The number of rotatable bonds is 12. The third-order valence-electron chi connectivity index (χ3n) is 5.96. The molecule has 1 saturated heterocycles. The van der Waals surface area contributed by atoms with Crippen molar-refractivity contribution in [3.63, 3.8) is 0 Å². The van der Waals surface area contributed by atoms with Crippen molar-refractivity contribution >= 4 is 5.91 Å². The van der Waals surface area contributed by atoms with E-state index in [0.717, 1.165) is 42.7 Å². The fourth-order valence-corrected chi connectivity index (χ4v) is 4.19. The van der Waals surface area contributed by atoms with Crippen LogP contribution in [-0.4, -0.2) is 70.3 Å². The highest BCUT2D eigenvalue weighted by Crippen LogP contribution is 2.32. The topological polar surface area (TPSA) is 60.5 Å². The highest BCUT2D eigenvalue weighted by Gasteiger charge is 2.31. The summed E-state index contributed by atoms with van der Waals surface area (Å²) in [7, 11) is 9.01. The zero-order valence-electron chi connectivity index (χ0n) is 20.4. The van der Waals surface area contributed by atoms with Gasteiger partial charge in [-0.3, -0.25) is 4.79 Å². The van der Waals surface area contributed by atoms with Gasteiger partial charge in [-0.05, 0) is 68.8 Å². The number of ether oxygens (including phenoxy) is 4. The summed E-state index contributed by atoms with van der Waals surface area (Å²) in [5.74, 6) is 3.02. The SMILES string of the molecule is COc1ccc(C[C@@H]2CCC(=O)N2Cc2ccc(OC)c(OCCCN(C)C)c2)cc1OC. The van der Waals surface area contributed by atoms with E-state index in [0.29, 0.717) is 36.8 Å². The van der Waals surface area contributed by atoms with Crippen LogP contribution in [-0.2, 0) is 17.8 Å². The quantitative estimate of drug-likeness (QED) is 0.453. The number of nitrogens with zero attached hydrogens (tertiary/aromatic N) is 2. The van der Waals surface area contributed by atoms with Crippen molar-refractivity contribution in [1.29, 1.82) is 0 Å². The van der Waals surface area contributed by atoms with Crippen LogP contribution in [0.4, 0.5) is 0 Å². The summed E-state index contributed by atoms with van der Waals surface area (Å²) in [4.78, 5) is 16.8. The average Bonchev–Trinajstić information content (AvgIpc) is 3.15. The van der Waals surface area contributed by atoms with Crippen molar-refractivity contribution < 1.29 is 23.7 Å². The first-order valence-electron chi connectivity index (χ1n) is 11.4. The summed E-state index contributed by atoms with van der Waals surface area (Å²) < 4.78 is 22.3. The molecule has 1 heterocycles. The van der Waals surface area contributed by atoms with Crippen LogP contribution in [0.1, 0.15) is 30.4 Å². The largest absolute Gasteiger partial charge is 0.493 e. The summed E-state index contributed by atoms with van der Waals surface area (Å²) >= 11 is 0. The van der Waals surface area contributed by atoms with Gasteiger partial charge in [-0.2, -0.15) is 0 Å². The average molecular weight is 457 g/mol. The lowest BCUT2D eigenvalue weighted by molar-refractivity contribution is -0.129. The predicted molar refractivity (Wildman–Crippen MR) is 128 cm³/mol. The number of hydrogen-bond acceptors (Lipinski definition) is 6. The highest BCUT2D eigenvalue weighted by atomic mass is 16.5. The van der Waals surface area contributed by atoms with Crippen molar-refractivity contribution in [2.75, 3.05) is 48.6 Å². The summed E-state index contributed by atoms with van der Waals surface area (Å²) in [5, 5.41) is 0. The van der Waals surface area contributed by atoms with E-state index in [-0.39, 0.29) is 11.9 Å². The van der Waals surface area contributed by atoms with Crippen LogP contribution in [0.25, 0.3) is 0 Å². The molecule has 1 aliphatic rings. The first kappa shape index (κ1) is 24.7. The summed E-state index contributed by atoms with van der Waals surface area (Å²) in [5.41, 5.74) is 2.16. The van der Waals surface area contributed by atoms with E-state index in [4.69, 9.17) is 18.9 Å². The van der Waals surface area contributed by atoms with E-state index in [1.807, 2.05) is 55.4 Å². The molecule has 1 amide bonds. The van der Waals surface area contributed by atoms with Crippen LogP contribution in [0.15, 0.2) is 36.4 Å². The Bertz CT molecular complexity index is 931. The predicted octanol–water partition coefficient (Wildman–Crippen LogP) is 3.78. The second kappa shape index (κ2) is 11.8. The fraction of sp³-hybridized carbons (Fsp3) is 0.500. The maximum absolute atomic E-state index is 12.7. The van der Waals surface area contributed by atoms with Crippen LogP contribution in [0.5, 0.6) is 23.0 Å². The van der Waals surface area contributed by atoms with E-state index in [9.17, 15) is 4.79 Å². The van der Waals surface area contributed by atoms with Crippen molar-refractivity contribution in [2.45, 2.75) is 38.3 Å². The molecular weight excluding hydrogens is 420 g/mol. The third-order valence-corrected chi connectivity index (χ3v) is 5.96. The molecule has 2 aromatic rings. The maximum Gasteiger partial charge on any atom is 0.223 e. The number of hydrogen-bond donors (Lipinski definition) is 0. The minimum absolute atomic E-state index is 0.141. The van der Waals surface area contributed by atoms with Crippen molar-refractivity contribution in [3.8, 4) is 23.0 Å². The number of methoxy groups -OCH3 is 3. The second-order valence-electron chi connectivity index (χ2n) is 8.60. The summed E-state index contributed by atoms with van der Waals surface area (Å²) in [6, 6.07) is 12.0.